The molecule has 3 rings (SSSR count). The second-order valence-electron chi connectivity index (χ2n) is 5.20. The number of nitrogens with zero attached hydrogens (tertiary/aromatic N) is 1. The Morgan fingerprint density at radius 2 is 2.30 bits per heavy atom. The van der Waals surface area contributed by atoms with Crippen LogP contribution in [0.1, 0.15) is 17.2 Å². The lowest BCUT2D eigenvalue weighted by Crippen LogP contribution is -2.41. The number of methoxy groups -OCH3 is 1. The molecule has 0 aromatic heterocycles. The first kappa shape index (κ1) is 13.6. The van der Waals surface area contributed by atoms with E-state index < -0.39 is 0 Å². The van der Waals surface area contributed by atoms with Crippen LogP contribution in [0.4, 0.5) is 0 Å². The maximum atomic E-state index is 11.7. The number of carbonyl (C=O) groups is 1. The summed E-state index contributed by atoms with van der Waals surface area (Å²) in [5, 5.41) is 0. The molecule has 1 aromatic carbocycles. The van der Waals surface area contributed by atoms with Gasteiger partial charge >= 0.3 is 5.97 Å². The highest BCUT2D eigenvalue weighted by Gasteiger charge is 2.33. The second kappa shape index (κ2) is 5.19. The molecule has 0 spiro atoms. The molecule has 0 N–H and O–H groups in total. The minimum atomic E-state index is -0.258. The predicted octanol–water partition coefficient (Wildman–Crippen LogP) is 3.02. The molecule has 0 fully saturated rings. The first-order valence-electron chi connectivity index (χ1n) is 6.60. The zero-order valence-corrected chi connectivity index (χ0v) is 12.9. The SMILES string of the molecule is C=C1C=C(C(=O)OC)CN2CCc3cc(Br)ccc3C12. The molecule has 1 atom stereocenters. The van der Waals surface area contributed by atoms with Crippen LogP contribution >= 0.6 is 15.9 Å². The van der Waals surface area contributed by atoms with E-state index in [-0.39, 0.29) is 12.0 Å². The van der Waals surface area contributed by atoms with Crippen molar-refractivity contribution in [1.82, 2.24) is 4.90 Å². The van der Waals surface area contributed by atoms with Gasteiger partial charge in [-0.2, -0.15) is 0 Å². The number of carbonyl (C=O) groups excluding carboxylic acids is 1. The maximum absolute atomic E-state index is 11.7. The Morgan fingerprint density at radius 3 is 3.05 bits per heavy atom. The summed E-state index contributed by atoms with van der Waals surface area (Å²) in [5.41, 5.74) is 4.30. The van der Waals surface area contributed by atoms with Crippen LogP contribution in [0.2, 0.25) is 0 Å². The summed E-state index contributed by atoms with van der Waals surface area (Å²) in [7, 11) is 1.42. The van der Waals surface area contributed by atoms with Gasteiger partial charge in [-0.15, -0.1) is 0 Å². The molecule has 1 aromatic rings. The summed E-state index contributed by atoms with van der Waals surface area (Å²) < 4.78 is 5.93. The van der Waals surface area contributed by atoms with Crippen molar-refractivity contribution < 1.29 is 9.53 Å². The highest BCUT2D eigenvalue weighted by atomic mass is 79.9. The number of hydrogen-bond donors (Lipinski definition) is 0. The largest absolute Gasteiger partial charge is 0.466 e. The lowest BCUT2D eigenvalue weighted by atomic mass is 9.85. The Bertz CT molecular complexity index is 621. The fraction of sp³-hybridized carbons (Fsp3) is 0.312. The number of benzene rings is 1. The fourth-order valence-electron chi connectivity index (χ4n) is 3.07. The monoisotopic (exact) mass is 333 g/mol. The molecule has 0 aliphatic carbocycles. The van der Waals surface area contributed by atoms with Crippen molar-refractivity contribution in [3.63, 3.8) is 0 Å². The van der Waals surface area contributed by atoms with E-state index in [2.05, 4.69) is 45.6 Å². The molecule has 0 saturated carbocycles. The number of halogens is 1. The standard InChI is InChI=1S/C16H16BrNO2/c1-10-7-12(16(19)20-2)9-18-6-5-11-8-13(17)3-4-14(11)15(10)18/h3-4,7-8,15H,1,5-6,9H2,2H3. The Labute approximate surface area is 127 Å². The maximum Gasteiger partial charge on any atom is 0.335 e. The van der Waals surface area contributed by atoms with Crippen LogP contribution < -0.4 is 0 Å². The van der Waals surface area contributed by atoms with Gasteiger partial charge in [0.25, 0.3) is 0 Å². The third-order valence-electron chi connectivity index (χ3n) is 3.96. The lowest BCUT2D eigenvalue weighted by molar-refractivity contribution is -0.136. The average molecular weight is 334 g/mol. The van der Waals surface area contributed by atoms with Crippen molar-refractivity contribution in [2.75, 3.05) is 20.2 Å². The second-order valence-corrected chi connectivity index (χ2v) is 6.12. The molecule has 0 amide bonds. The van der Waals surface area contributed by atoms with Gasteiger partial charge in [0, 0.05) is 17.6 Å². The van der Waals surface area contributed by atoms with Crippen LogP contribution in [-0.4, -0.2) is 31.1 Å². The van der Waals surface area contributed by atoms with Crippen molar-refractivity contribution in [3.05, 3.63) is 57.6 Å². The number of hydrogen-bond acceptors (Lipinski definition) is 3. The molecule has 2 aliphatic heterocycles. The van der Waals surface area contributed by atoms with E-state index >= 15 is 0 Å². The van der Waals surface area contributed by atoms with E-state index in [1.807, 2.05) is 6.08 Å². The van der Waals surface area contributed by atoms with Gasteiger partial charge in [0.1, 0.15) is 0 Å². The van der Waals surface area contributed by atoms with E-state index in [9.17, 15) is 4.79 Å². The fourth-order valence-corrected chi connectivity index (χ4v) is 3.48. The third-order valence-corrected chi connectivity index (χ3v) is 4.46. The Balaban J connectivity index is 1.99. The summed E-state index contributed by atoms with van der Waals surface area (Å²) in [6, 6.07) is 6.58. The zero-order valence-electron chi connectivity index (χ0n) is 11.4. The molecule has 2 aliphatic rings. The third kappa shape index (κ3) is 2.23. The number of esters is 1. The van der Waals surface area contributed by atoms with Crippen LogP contribution in [0.3, 0.4) is 0 Å². The Morgan fingerprint density at radius 1 is 1.50 bits per heavy atom. The average Bonchev–Trinajstić information content (AvgIpc) is 2.45. The van der Waals surface area contributed by atoms with Gasteiger partial charge in [-0.25, -0.2) is 4.79 Å². The normalized spacial score (nSPS) is 21.8. The van der Waals surface area contributed by atoms with Crippen molar-refractivity contribution in [2.45, 2.75) is 12.5 Å². The molecule has 0 saturated heterocycles. The van der Waals surface area contributed by atoms with E-state index in [1.54, 1.807) is 0 Å². The smallest absolute Gasteiger partial charge is 0.335 e. The number of rotatable bonds is 1. The van der Waals surface area contributed by atoms with Gasteiger partial charge < -0.3 is 4.74 Å². The quantitative estimate of drug-likeness (QED) is 0.740. The summed E-state index contributed by atoms with van der Waals surface area (Å²) >= 11 is 3.52. The van der Waals surface area contributed by atoms with Crippen molar-refractivity contribution in [2.24, 2.45) is 0 Å². The van der Waals surface area contributed by atoms with E-state index in [0.717, 1.165) is 23.0 Å². The molecule has 0 radical (unpaired) electrons. The van der Waals surface area contributed by atoms with Gasteiger partial charge in [0.15, 0.2) is 0 Å². The van der Waals surface area contributed by atoms with E-state index in [4.69, 9.17) is 4.74 Å². The van der Waals surface area contributed by atoms with Crippen LogP contribution in [-0.2, 0) is 16.0 Å². The molecular weight excluding hydrogens is 318 g/mol. The molecule has 2 heterocycles. The van der Waals surface area contributed by atoms with Crippen molar-refractivity contribution >= 4 is 21.9 Å². The van der Waals surface area contributed by atoms with Gasteiger partial charge in [-0.05, 0) is 41.3 Å². The van der Waals surface area contributed by atoms with Gasteiger partial charge in [-0.1, -0.05) is 28.6 Å². The summed E-state index contributed by atoms with van der Waals surface area (Å²) in [4.78, 5) is 14.0. The Hall–Kier alpha value is -1.39. The number of fused-ring (bicyclic) bond motifs is 3. The van der Waals surface area contributed by atoms with Crippen LogP contribution in [0.15, 0.2) is 46.5 Å². The highest BCUT2D eigenvalue weighted by molar-refractivity contribution is 9.10. The first-order valence-corrected chi connectivity index (χ1v) is 7.39. The molecule has 1 unspecified atom stereocenters. The Kier molecular flexibility index (Phi) is 3.52. The zero-order chi connectivity index (χ0) is 14.3. The highest BCUT2D eigenvalue weighted by Crippen LogP contribution is 2.39. The molecule has 0 bridgehead atoms. The summed E-state index contributed by atoms with van der Waals surface area (Å²) in [5.74, 6) is -0.258. The summed E-state index contributed by atoms with van der Waals surface area (Å²) in [6.45, 7) is 5.71. The first-order chi connectivity index (χ1) is 9.60. The van der Waals surface area contributed by atoms with Crippen LogP contribution in [0.5, 0.6) is 0 Å². The van der Waals surface area contributed by atoms with Gasteiger partial charge in [0.2, 0.25) is 0 Å². The topological polar surface area (TPSA) is 29.5 Å². The lowest BCUT2D eigenvalue weighted by Gasteiger charge is -2.40. The van der Waals surface area contributed by atoms with Crippen LogP contribution in [0, 0.1) is 0 Å². The summed E-state index contributed by atoms with van der Waals surface area (Å²) in [6.07, 6.45) is 2.87. The molecule has 4 heteroatoms. The predicted molar refractivity (Wildman–Crippen MR) is 81.4 cm³/mol. The molecular formula is C16H16BrNO2. The minimum absolute atomic E-state index is 0.181. The minimum Gasteiger partial charge on any atom is -0.466 e. The van der Waals surface area contributed by atoms with Gasteiger partial charge in [-0.3, -0.25) is 4.90 Å². The molecule has 104 valence electrons. The van der Waals surface area contributed by atoms with Crippen molar-refractivity contribution in [3.8, 4) is 0 Å². The van der Waals surface area contributed by atoms with E-state index in [1.165, 1.54) is 18.2 Å². The van der Waals surface area contributed by atoms with Crippen molar-refractivity contribution in [1.29, 1.82) is 0 Å². The van der Waals surface area contributed by atoms with Gasteiger partial charge in [0.05, 0.1) is 18.7 Å². The molecule has 3 nitrogen and oxygen atoms in total. The molecule has 20 heavy (non-hydrogen) atoms. The van der Waals surface area contributed by atoms with Crippen LogP contribution in [0.25, 0.3) is 0 Å². The number of ether oxygens (including phenoxy) is 1. The van der Waals surface area contributed by atoms with E-state index in [0.29, 0.717) is 12.1 Å².